The molecule has 0 aliphatic rings. The second kappa shape index (κ2) is 12.9. The van der Waals surface area contributed by atoms with Crippen LogP contribution in [0.15, 0.2) is 72.3 Å². The van der Waals surface area contributed by atoms with Crippen molar-refractivity contribution < 1.29 is 19.0 Å². The second-order valence-corrected chi connectivity index (χ2v) is 7.91. The molecule has 0 fully saturated rings. The van der Waals surface area contributed by atoms with Crippen LogP contribution in [0.1, 0.15) is 37.0 Å². The first-order chi connectivity index (χ1) is 17.0. The largest absolute Gasteiger partial charge is 0.490 e. The van der Waals surface area contributed by atoms with Gasteiger partial charge in [-0.15, -0.1) is 0 Å². The van der Waals surface area contributed by atoms with Gasteiger partial charge in [-0.2, -0.15) is 5.26 Å². The first-order valence-corrected chi connectivity index (χ1v) is 11.6. The van der Waals surface area contributed by atoms with Crippen LogP contribution >= 0.6 is 0 Å². The minimum absolute atomic E-state index is 0.0191. The van der Waals surface area contributed by atoms with E-state index in [1.54, 1.807) is 42.5 Å². The summed E-state index contributed by atoms with van der Waals surface area (Å²) in [4.78, 5) is 12.7. The van der Waals surface area contributed by atoms with Crippen molar-refractivity contribution in [1.82, 2.24) is 0 Å². The first-order valence-electron chi connectivity index (χ1n) is 11.6. The topological polar surface area (TPSA) is 80.6 Å². The van der Waals surface area contributed by atoms with Gasteiger partial charge in [0.25, 0.3) is 5.91 Å². The minimum Gasteiger partial charge on any atom is -0.490 e. The zero-order valence-electron chi connectivity index (χ0n) is 20.3. The van der Waals surface area contributed by atoms with E-state index in [1.807, 2.05) is 51.1 Å². The quantitative estimate of drug-likeness (QED) is 0.262. The molecule has 1 amide bonds. The van der Waals surface area contributed by atoms with Gasteiger partial charge >= 0.3 is 0 Å². The molecule has 180 valence electrons. The third-order valence-electron chi connectivity index (χ3n) is 5.04. The SMILES string of the molecule is CCCOc1ccc(/C=C(\C#N)C(=O)Nc2ccc(OCc3ccc(C)cc3)cc2)cc1OCC. The average Bonchev–Trinajstić information content (AvgIpc) is 2.87. The highest BCUT2D eigenvalue weighted by Gasteiger charge is 2.12. The predicted octanol–water partition coefficient (Wildman–Crippen LogP) is 6.31. The highest BCUT2D eigenvalue weighted by atomic mass is 16.5. The predicted molar refractivity (Wildman–Crippen MR) is 138 cm³/mol. The van der Waals surface area contributed by atoms with Gasteiger partial charge in [0, 0.05) is 5.69 Å². The van der Waals surface area contributed by atoms with E-state index >= 15 is 0 Å². The Labute approximate surface area is 206 Å². The molecular weight excluding hydrogens is 440 g/mol. The van der Waals surface area contributed by atoms with Crippen LogP contribution in [0, 0.1) is 18.3 Å². The maximum Gasteiger partial charge on any atom is 0.266 e. The average molecular weight is 471 g/mol. The summed E-state index contributed by atoms with van der Waals surface area (Å²) < 4.78 is 17.2. The van der Waals surface area contributed by atoms with Gasteiger partial charge in [-0.1, -0.05) is 42.8 Å². The zero-order chi connectivity index (χ0) is 25.0. The number of rotatable bonds is 11. The summed E-state index contributed by atoms with van der Waals surface area (Å²) in [6.45, 7) is 7.48. The fourth-order valence-corrected chi connectivity index (χ4v) is 3.21. The number of carbonyl (C=O) groups excluding carboxylic acids is 1. The van der Waals surface area contributed by atoms with E-state index in [0.717, 1.165) is 12.0 Å². The zero-order valence-corrected chi connectivity index (χ0v) is 20.3. The molecule has 3 aromatic carbocycles. The number of aryl methyl sites for hydroxylation is 1. The van der Waals surface area contributed by atoms with Crippen molar-refractivity contribution in [3.63, 3.8) is 0 Å². The number of hydrogen-bond donors (Lipinski definition) is 1. The van der Waals surface area contributed by atoms with Crippen LogP contribution in [0.3, 0.4) is 0 Å². The minimum atomic E-state index is -0.495. The first kappa shape index (κ1) is 25.4. The van der Waals surface area contributed by atoms with Gasteiger partial charge in [0.05, 0.1) is 13.2 Å². The molecule has 6 heteroatoms. The number of anilines is 1. The molecule has 0 saturated carbocycles. The number of ether oxygens (including phenoxy) is 3. The van der Waals surface area contributed by atoms with Gasteiger partial charge in [0.2, 0.25) is 0 Å². The maximum absolute atomic E-state index is 12.7. The number of nitrogens with zero attached hydrogens (tertiary/aromatic N) is 1. The monoisotopic (exact) mass is 470 g/mol. The second-order valence-electron chi connectivity index (χ2n) is 7.91. The number of nitriles is 1. The Morgan fingerprint density at radius 3 is 2.34 bits per heavy atom. The molecule has 0 heterocycles. The molecule has 0 saturated heterocycles. The number of amides is 1. The molecule has 3 rings (SSSR count). The Hall–Kier alpha value is -4.24. The van der Waals surface area contributed by atoms with Crippen molar-refractivity contribution in [3.05, 3.63) is 89.0 Å². The van der Waals surface area contributed by atoms with Gasteiger partial charge in [0.15, 0.2) is 11.5 Å². The van der Waals surface area contributed by atoms with E-state index in [4.69, 9.17) is 14.2 Å². The van der Waals surface area contributed by atoms with E-state index in [-0.39, 0.29) is 5.57 Å². The standard InChI is InChI=1S/C29H30N2O4/c1-4-16-34-27-15-10-23(18-28(27)33-5-2)17-24(19-30)29(32)31-25-11-13-26(14-12-25)35-20-22-8-6-21(3)7-9-22/h6-15,17-18H,4-5,16,20H2,1-3H3,(H,31,32)/b24-17+. The molecular formula is C29H30N2O4. The summed E-state index contributed by atoms with van der Waals surface area (Å²) in [6.07, 6.45) is 2.41. The molecule has 0 aliphatic heterocycles. The van der Waals surface area contributed by atoms with Crippen LogP contribution in [0.4, 0.5) is 5.69 Å². The lowest BCUT2D eigenvalue weighted by Crippen LogP contribution is -2.13. The highest BCUT2D eigenvalue weighted by molar-refractivity contribution is 6.09. The van der Waals surface area contributed by atoms with Crippen molar-refractivity contribution in [2.24, 2.45) is 0 Å². The fraction of sp³-hybridized carbons (Fsp3) is 0.241. The van der Waals surface area contributed by atoms with Crippen LogP contribution < -0.4 is 19.5 Å². The lowest BCUT2D eigenvalue weighted by atomic mass is 10.1. The smallest absolute Gasteiger partial charge is 0.266 e. The third-order valence-corrected chi connectivity index (χ3v) is 5.04. The molecule has 0 aliphatic carbocycles. The molecule has 3 aromatic rings. The summed E-state index contributed by atoms with van der Waals surface area (Å²) in [7, 11) is 0. The number of hydrogen-bond acceptors (Lipinski definition) is 5. The van der Waals surface area contributed by atoms with Crippen molar-refractivity contribution >= 4 is 17.7 Å². The van der Waals surface area contributed by atoms with Crippen LogP contribution in [0.5, 0.6) is 17.2 Å². The van der Waals surface area contributed by atoms with Crippen molar-refractivity contribution in [3.8, 4) is 23.3 Å². The van der Waals surface area contributed by atoms with Gasteiger partial charge in [-0.3, -0.25) is 4.79 Å². The number of nitrogens with one attached hydrogen (secondary N) is 1. The van der Waals surface area contributed by atoms with E-state index in [0.29, 0.717) is 48.3 Å². The van der Waals surface area contributed by atoms with Crippen LogP contribution in [-0.2, 0) is 11.4 Å². The van der Waals surface area contributed by atoms with E-state index in [1.165, 1.54) is 11.6 Å². The Balaban J connectivity index is 1.65. The van der Waals surface area contributed by atoms with Crippen molar-refractivity contribution in [2.45, 2.75) is 33.8 Å². The van der Waals surface area contributed by atoms with E-state index < -0.39 is 5.91 Å². The Morgan fingerprint density at radius 2 is 1.69 bits per heavy atom. The fourth-order valence-electron chi connectivity index (χ4n) is 3.21. The van der Waals surface area contributed by atoms with Gasteiger partial charge in [-0.05, 0) is 73.9 Å². The molecule has 1 N–H and O–H groups in total. The number of carbonyl (C=O) groups is 1. The lowest BCUT2D eigenvalue weighted by Gasteiger charge is -2.12. The molecule has 0 radical (unpaired) electrons. The number of benzene rings is 3. The lowest BCUT2D eigenvalue weighted by molar-refractivity contribution is -0.112. The molecule has 0 unspecified atom stereocenters. The maximum atomic E-state index is 12.7. The molecule has 35 heavy (non-hydrogen) atoms. The third kappa shape index (κ3) is 7.65. The molecule has 0 atom stereocenters. The summed E-state index contributed by atoms with van der Waals surface area (Å²) >= 11 is 0. The van der Waals surface area contributed by atoms with E-state index in [2.05, 4.69) is 5.32 Å². The van der Waals surface area contributed by atoms with Gasteiger partial charge in [-0.25, -0.2) is 0 Å². The molecule has 0 bridgehead atoms. The molecule has 0 spiro atoms. The Kier molecular flexibility index (Phi) is 9.32. The summed E-state index contributed by atoms with van der Waals surface area (Å²) in [5.41, 5.74) is 3.50. The molecule has 0 aromatic heterocycles. The highest BCUT2D eigenvalue weighted by Crippen LogP contribution is 2.29. The van der Waals surface area contributed by atoms with Crippen LogP contribution in [0.2, 0.25) is 0 Å². The van der Waals surface area contributed by atoms with Crippen LogP contribution in [0.25, 0.3) is 6.08 Å². The van der Waals surface area contributed by atoms with E-state index in [9.17, 15) is 10.1 Å². The van der Waals surface area contributed by atoms with Crippen LogP contribution in [-0.4, -0.2) is 19.1 Å². The van der Waals surface area contributed by atoms with Crippen molar-refractivity contribution in [2.75, 3.05) is 18.5 Å². The molecule has 6 nitrogen and oxygen atoms in total. The Bertz CT molecular complexity index is 1190. The van der Waals surface area contributed by atoms with Gasteiger partial charge < -0.3 is 19.5 Å². The normalized spacial score (nSPS) is 10.9. The summed E-state index contributed by atoms with van der Waals surface area (Å²) in [5.74, 6) is 1.41. The van der Waals surface area contributed by atoms with Gasteiger partial charge in [0.1, 0.15) is 24.0 Å². The Morgan fingerprint density at radius 1 is 0.943 bits per heavy atom. The summed E-state index contributed by atoms with van der Waals surface area (Å²) in [6, 6.07) is 22.5. The summed E-state index contributed by atoms with van der Waals surface area (Å²) in [5, 5.41) is 12.3. The van der Waals surface area contributed by atoms with Crippen molar-refractivity contribution in [1.29, 1.82) is 5.26 Å².